The van der Waals surface area contributed by atoms with Gasteiger partial charge >= 0.3 is 0 Å². The highest BCUT2D eigenvalue weighted by Gasteiger charge is 2.27. The van der Waals surface area contributed by atoms with Crippen LogP contribution in [0.15, 0.2) is 46.9 Å². The van der Waals surface area contributed by atoms with Crippen molar-refractivity contribution in [1.82, 2.24) is 4.98 Å². The number of ketones is 1. The van der Waals surface area contributed by atoms with E-state index in [1.165, 1.54) is 5.56 Å². The Morgan fingerprint density at radius 1 is 1.08 bits per heavy atom. The van der Waals surface area contributed by atoms with Crippen molar-refractivity contribution in [3.63, 3.8) is 0 Å². The van der Waals surface area contributed by atoms with Gasteiger partial charge in [-0.2, -0.15) is 0 Å². The maximum absolute atomic E-state index is 12.5. The molecule has 0 amide bonds. The van der Waals surface area contributed by atoms with Gasteiger partial charge in [0.15, 0.2) is 5.58 Å². The van der Waals surface area contributed by atoms with Gasteiger partial charge in [-0.3, -0.25) is 4.79 Å². The molecule has 0 aliphatic rings. The first-order valence-corrected chi connectivity index (χ1v) is 8.27. The Hall–Kier alpha value is -2.42. The lowest BCUT2D eigenvalue weighted by Gasteiger charge is -2.22. The summed E-state index contributed by atoms with van der Waals surface area (Å²) in [7, 11) is 0. The van der Waals surface area contributed by atoms with Crippen LogP contribution in [0.3, 0.4) is 0 Å². The van der Waals surface area contributed by atoms with E-state index in [9.17, 15) is 4.79 Å². The minimum atomic E-state index is -0.356. The molecule has 0 N–H and O–H groups in total. The number of fused-ring (bicyclic) bond motifs is 1. The summed E-state index contributed by atoms with van der Waals surface area (Å²) in [5.74, 6) is 0.676. The molecule has 1 aromatic heterocycles. The van der Waals surface area contributed by atoms with E-state index in [-0.39, 0.29) is 17.1 Å². The fourth-order valence-corrected chi connectivity index (χ4v) is 2.83. The van der Waals surface area contributed by atoms with E-state index in [1.807, 2.05) is 70.2 Å². The lowest BCUT2D eigenvalue weighted by atomic mass is 9.81. The highest BCUT2D eigenvalue weighted by molar-refractivity contribution is 5.90. The monoisotopic (exact) mass is 321 g/mol. The summed E-state index contributed by atoms with van der Waals surface area (Å²) < 4.78 is 5.86. The van der Waals surface area contributed by atoms with E-state index < -0.39 is 0 Å². The van der Waals surface area contributed by atoms with Crippen LogP contribution >= 0.6 is 0 Å². The molecule has 0 spiro atoms. The molecule has 2 aromatic carbocycles. The van der Waals surface area contributed by atoms with Crippen LogP contribution in [0.5, 0.6) is 0 Å². The first-order chi connectivity index (χ1) is 11.3. The van der Waals surface area contributed by atoms with E-state index in [1.54, 1.807) is 0 Å². The Bertz CT molecular complexity index is 882. The summed E-state index contributed by atoms with van der Waals surface area (Å²) in [6.07, 6.45) is 0. The Labute approximate surface area is 142 Å². The number of carbonyl (C=O) groups excluding carboxylic acids is 1. The summed E-state index contributed by atoms with van der Waals surface area (Å²) >= 11 is 0. The molecular formula is C21H23NO2. The van der Waals surface area contributed by atoms with Gasteiger partial charge in [-0.15, -0.1) is 0 Å². The lowest BCUT2D eigenvalue weighted by Crippen LogP contribution is -2.25. The third-order valence-electron chi connectivity index (χ3n) is 4.34. The van der Waals surface area contributed by atoms with Crippen molar-refractivity contribution in [3.05, 3.63) is 53.6 Å². The van der Waals surface area contributed by atoms with E-state index in [0.717, 1.165) is 22.2 Å². The Morgan fingerprint density at radius 2 is 1.75 bits per heavy atom. The average molecular weight is 321 g/mol. The molecule has 3 rings (SSSR count). The van der Waals surface area contributed by atoms with Crippen LogP contribution in [0, 0.1) is 12.3 Å². The molecule has 1 unspecified atom stereocenters. The van der Waals surface area contributed by atoms with Crippen LogP contribution in [0.4, 0.5) is 0 Å². The van der Waals surface area contributed by atoms with Gasteiger partial charge in [-0.05, 0) is 36.8 Å². The smallest absolute Gasteiger partial charge is 0.227 e. The van der Waals surface area contributed by atoms with E-state index in [4.69, 9.17) is 4.42 Å². The zero-order chi connectivity index (χ0) is 17.5. The minimum Gasteiger partial charge on any atom is -0.436 e. The number of Topliss-reactive ketones (excluding diaryl/α,β-unsaturated/α-hetero) is 1. The Balaban J connectivity index is 1.97. The second kappa shape index (κ2) is 5.90. The molecule has 24 heavy (non-hydrogen) atoms. The maximum Gasteiger partial charge on any atom is 0.227 e. The summed E-state index contributed by atoms with van der Waals surface area (Å²) in [5, 5.41) is 0. The molecule has 0 saturated carbocycles. The highest BCUT2D eigenvalue weighted by Crippen LogP contribution is 2.30. The van der Waals surface area contributed by atoms with Gasteiger partial charge in [0.05, 0.1) is 0 Å². The van der Waals surface area contributed by atoms with Crippen LogP contribution in [-0.2, 0) is 4.79 Å². The number of hydrogen-bond acceptors (Lipinski definition) is 3. The van der Waals surface area contributed by atoms with Crippen molar-refractivity contribution in [3.8, 4) is 11.5 Å². The number of benzene rings is 2. The molecule has 3 heteroatoms. The third-order valence-corrected chi connectivity index (χ3v) is 4.34. The number of oxazole rings is 1. The molecule has 1 atom stereocenters. The quantitative estimate of drug-likeness (QED) is 0.637. The SMILES string of the molecule is Cc1ccc(-c2nc3cc(C(C)C(=O)C(C)(C)C)ccc3o2)cc1. The summed E-state index contributed by atoms with van der Waals surface area (Å²) in [5.41, 5.74) is 4.31. The average Bonchev–Trinajstić information content (AvgIpc) is 2.96. The van der Waals surface area contributed by atoms with Crippen LogP contribution < -0.4 is 0 Å². The van der Waals surface area contributed by atoms with Crippen LogP contribution in [-0.4, -0.2) is 10.8 Å². The van der Waals surface area contributed by atoms with Gasteiger partial charge in [0.1, 0.15) is 11.3 Å². The summed E-state index contributed by atoms with van der Waals surface area (Å²) in [4.78, 5) is 17.1. The number of aryl methyl sites for hydroxylation is 1. The van der Waals surface area contributed by atoms with Gasteiger partial charge in [0, 0.05) is 16.9 Å². The molecule has 0 aliphatic carbocycles. The molecule has 0 bridgehead atoms. The predicted molar refractivity (Wildman–Crippen MR) is 97.1 cm³/mol. The number of carbonyl (C=O) groups is 1. The van der Waals surface area contributed by atoms with Crippen LogP contribution in [0.1, 0.15) is 44.7 Å². The topological polar surface area (TPSA) is 43.1 Å². The summed E-state index contributed by atoms with van der Waals surface area (Å²) in [6, 6.07) is 13.9. The Morgan fingerprint density at radius 3 is 2.38 bits per heavy atom. The maximum atomic E-state index is 12.5. The second-order valence-corrected chi connectivity index (χ2v) is 7.45. The molecular weight excluding hydrogens is 298 g/mol. The largest absolute Gasteiger partial charge is 0.436 e. The molecule has 3 aromatic rings. The standard InChI is InChI=1S/C21H23NO2/c1-13-6-8-15(9-7-13)20-22-17-12-16(10-11-18(17)24-20)14(2)19(23)21(3,4)5/h6-12,14H,1-5H3. The zero-order valence-electron chi connectivity index (χ0n) is 14.9. The molecule has 0 radical (unpaired) electrons. The van der Waals surface area contributed by atoms with Crippen molar-refractivity contribution in [2.45, 2.75) is 40.5 Å². The predicted octanol–water partition coefficient (Wildman–Crippen LogP) is 5.52. The summed E-state index contributed by atoms with van der Waals surface area (Å²) in [6.45, 7) is 9.87. The van der Waals surface area contributed by atoms with Gasteiger partial charge in [0.2, 0.25) is 5.89 Å². The van der Waals surface area contributed by atoms with Crippen molar-refractivity contribution < 1.29 is 9.21 Å². The fourth-order valence-electron chi connectivity index (χ4n) is 2.83. The van der Waals surface area contributed by atoms with Crippen molar-refractivity contribution in [2.75, 3.05) is 0 Å². The lowest BCUT2D eigenvalue weighted by molar-refractivity contribution is -0.127. The van der Waals surface area contributed by atoms with Gasteiger partial charge < -0.3 is 4.42 Å². The number of hydrogen-bond donors (Lipinski definition) is 0. The fraction of sp³-hybridized carbons (Fsp3) is 0.333. The van der Waals surface area contributed by atoms with Crippen molar-refractivity contribution in [1.29, 1.82) is 0 Å². The Kier molecular flexibility index (Phi) is 4.04. The van der Waals surface area contributed by atoms with Crippen LogP contribution in [0.25, 0.3) is 22.6 Å². The second-order valence-electron chi connectivity index (χ2n) is 7.45. The van der Waals surface area contributed by atoms with Crippen molar-refractivity contribution in [2.24, 2.45) is 5.41 Å². The molecule has 0 fully saturated rings. The molecule has 1 heterocycles. The van der Waals surface area contributed by atoms with Gasteiger partial charge in [0.25, 0.3) is 0 Å². The van der Waals surface area contributed by atoms with Crippen molar-refractivity contribution >= 4 is 16.9 Å². The van der Waals surface area contributed by atoms with E-state index in [0.29, 0.717) is 5.89 Å². The number of rotatable bonds is 3. The molecule has 0 saturated heterocycles. The first kappa shape index (κ1) is 16.4. The minimum absolute atomic E-state index is 0.158. The first-order valence-electron chi connectivity index (χ1n) is 8.27. The number of nitrogens with zero attached hydrogens (tertiary/aromatic N) is 1. The van der Waals surface area contributed by atoms with Crippen LogP contribution in [0.2, 0.25) is 0 Å². The highest BCUT2D eigenvalue weighted by atomic mass is 16.3. The third kappa shape index (κ3) is 3.12. The van der Waals surface area contributed by atoms with E-state index in [2.05, 4.69) is 11.9 Å². The molecule has 0 aliphatic heterocycles. The zero-order valence-corrected chi connectivity index (χ0v) is 14.9. The van der Waals surface area contributed by atoms with Gasteiger partial charge in [-0.1, -0.05) is 51.5 Å². The van der Waals surface area contributed by atoms with Gasteiger partial charge in [-0.25, -0.2) is 4.98 Å². The van der Waals surface area contributed by atoms with E-state index >= 15 is 0 Å². The molecule has 3 nitrogen and oxygen atoms in total. The number of aromatic nitrogens is 1. The molecule has 124 valence electrons. The normalized spacial score (nSPS) is 13.2.